The van der Waals surface area contributed by atoms with Crippen LogP contribution in [-0.2, 0) is 17.8 Å². The molecule has 0 aliphatic carbocycles. The number of carbonyl (C=O) groups is 1. The van der Waals surface area contributed by atoms with Crippen molar-refractivity contribution in [2.75, 3.05) is 0 Å². The lowest BCUT2D eigenvalue weighted by atomic mass is 10.1. The van der Waals surface area contributed by atoms with Gasteiger partial charge < -0.3 is 4.57 Å². The normalized spacial score (nSPS) is 10.9. The van der Waals surface area contributed by atoms with Crippen molar-refractivity contribution in [2.24, 2.45) is 0 Å². The molecule has 18 heavy (non-hydrogen) atoms. The molecule has 1 aromatic heterocycles. The molecular formula is C14H20ClNO2. The minimum atomic E-state index is -0.494. The second kappa shape index (κ2) is 6.74. The first kappa shape index (κ1) is 15.0. The number of halogens is 1. The number of carbonyl (C=O) groups excluding carboxylic acids is 1. The Bertz CT molecular complexity index is 477. The van der Waals surface area contributed by atoms with Crippen LogP contribution in [0.15, 0.2) is 16.9 Å². The molecule has 1 rings (SSSR count). The highest BCUT2D eigenvalue weighted by Gasteiger charge is 2.12. The lowest BCUT2D eigenvalue weighted by molar-refractivity contribution is -0.111. The van der Waals surface area contributed by atoms with Gasteiger partial charge in [-0.25, -0.2) is 0 Å². The summed E-state index contributed by atoms with van der Waals surface area (Å²) in [6.07, 6.45) is 1.99. The summed E-state index contributed by atoms with van der Waals surface area (Å²) >= 11 is 5.36. The molecule has 1 aromatic rings. The zero-order chi connectivity index (χ0) is 13.7. The molecule has 0 aliphatic heterocycles. The van der Waals surface area contributed by atoms with E-state index in [9.17, 15) is 9.59 Å². The SMILES string of the molecule is CCCCn1c(C(C)C)ccc(CC(=O)Cl)c1=O. The molecule has 0 aliphatic rings. The van der Waals surface area contributed by atoms with Gasteiger partial charge in [-0.15, -0.1) is 0 Å². The average Bonchev–Trinajstić information content (AvgIpc) is 2.29. The van der Waals surface area contributed by atoms with Gasteiger partial charge in [-0.1, -0.05) is 33.3 Å². The van der Waals surface area contributed by atoms with E-state index < -0.39 is 5.24 Å². The second-order valence-electron chi connectivity index (χ2n) is 4.78. The Balaban J connectivity index is 3.21. The highest BCUT2D eigenvalue weighted by Crippen LogP contribution is 2.14. The second-order valence-corrected chi connectivity index (χ2v) is 5.20. The van der Waals surface area contributed by atoms with Crippen molar-refractivity contribution in [3.05, 3.63) is 33.7 Å². The van der Waals surface area contributed by atoms with Gasteiger partial charge in [0, 0.05) is 17.8 Å². The van der Waals surface area contributed by atoms with Crippen molar-refractivity contribution in [1.29, 1.82) is 0 Å². The highest BCUT2D eigenvalue weighted by atomic mass is 35.5. The maximum Gasteiger partial charge on any atom is 0.254 e. The van der Waals surface area contributed by atoms with Gasteiger partial charge in [0.25, 0.3) is 5.56 Å². The number of pyridine rings is 1. The van der Waals surface area contributed by atoms with Crippen LogP contribution in [-0.4, -0.2) is 9.81 Å². The van der Waals surface area contributed by atoms with E-state index in [0.717, 1.165) is 18.5 Å². The lowest BCUT2D eigenvalue weighted by Crippen LogP contribution is -2.28. The first-order chi connectivity index (χ1) is 8.47. The van der Waals surface area contributed by atoms with Crippen LogP contribution in [0.4, 0.5) is 0 Å². The monoisotopic (exact) mass is 269 g/mol. The van der Waals surface area contributed by atoms with Crippen LogP contribution in [0.25, 0.3) is 0 Å². The largest absolute Gasteiger partial charge is 0.312 e. The molecule has 0 atom stereocenters. The molecule has 0 spiro atoms. The van der Waals surface area contributed by atoms with E-state index in [0.29, 0.717) is 12.1 Å². The van der Waals surface area contributed by atoms with Crippen LogP contribution in [0.1, 0.15) is 50.8 Å². The summed E-state index contributed by atoms with van der Waals surface area (Å²) in [5, 5.41) is -0.494. The summed E-state index contributed by atoms with van der Waals surface area (Å²) in [7, 11) is 0. The number of hydrogen-bond acceptors (Lipinski definition) is 2. The van der Waals surface area contributed by atoms with E-state index in [1.54, 1.807) is 10.6 Å². The van der Waals surface area contributed by atoms with Crippen LogP contribution in [0.2, 0.25) is 0 Å². The Morgan fingerprint density at radius 2 is 2.06 bits per heavy atom. The Kier molecular flexibility index (Phi) is 5.60. The molecule has 0 amide bonds. The number of rotatable bonds is 6. The van der Waals surface area contributed by atoms with Gasteiger partial charge in [-0.05, 0) is 30.0 Å². The van der Waals surface area contributed by atoms with Crippen molar-refractivity contribution in [1.82, 2.24) is 4.57 Å². The van der Waals surface area contributed by atoms with E-state index in [1.807, 2.05) is 6.07 Å². The average molecular weight is 270 g/mol. The third-order valence-electron chi connectivity index (χ3n) is 2.94. The molecule has 1 heterocycles. The standard InChI is InChI=1S/C14H20ClNO2/c1-4-5-8-16-12(10(2)3)7-6-11(14(16)18)9-13(15)17/h6-7,10H,4-5,8-9H2,1-3H3. The third-order valence-corrected chi connectivity index (χ3v) is 3.08. The predicted octanol–water partition coefficient (Wildman–Crippen LogP) is 3.08. The fourth-order valence-corrected chi connectivity index (χ4v) is 2.12. The third kappa shape index (κ3) is 3.70. The zero-order valence-corrected chi connectivity index (χ0v) is 12.0. The summed E-state index contributed by atoms with van der Waals surface area (Å²) in [5.41, 5.74) is 1.42. The minimum Gasteiger partial charge on any atom is -0.312 e. The molecule has 0 aromatic carbocycles. The molecule has 3 nitrogen and oxygen atoms in total. The maximum absolute atomic E-state index is 12.3. The number of unbranched alkanes of at least 4 members (excludes halogenated alkanes) is 1. The summed E-state index contributed by atoms with van der Waals surface area (Å²) in [4.78, 5) is 23.2. The molecule has 0 saturated carbocycles. The van der Waals surface area contributed by atoms with E-state index in [2.05, 4.69) is 20.8 Å². The molecule has 0 radical (unpaired) electrons. The van der Waals surface area contributed by atoms with Crippen molar-refractivity contribution in [2.45, 2.75) is 52.5 Å². The summed E-state index contributed by atoms with van der Waals surface area (Å²) in [6.45, 7) is 6.91. The summed E-state index contributed by atoms with van der Waals surface area (Å²) in [6, 6.07) is 3.65. The maximum atomic E-state index is 12.3. The van der Waals surface area contributed by atoms with Crippen LogP contribution in [0.5, 0.6) is 0 Å². The Morgan fingerprint density at radius 1 is 1.39 bits per heavy atom. The van der Waals surface area contributed by atoms with E-state index in [1.165, 1.54) is 0 Å². The van der Waals surface area contributed by atoms with Crippen LogP contribution in [0.3, 0.4) is 0 Å². The predicted molar refractivity (Wildman–Crippen MR) is 74.3 cm³/mol. The van der Waals surface area contributed by atoms with Crippen molar-refractivity contribution in [3.63, 3.8) is 0 Å². The van der Waals surface area contributed by atoms with Gasteiger partial charge >= 0.3 is 0 Å². The van der Waals surface area contributed by atoms with Crippen molar-refractivity contribution >= 4 is 16.8 Å². The number of nitrogens with zero attached hydrogens (tertiary/aromatic N) is 1. The van der Waals surface area contributed by atoms with Gasteiger partial charge in [0.2, 0.25) is 5.24 Å². The minimum absolute atomic E-state index is 0.00485. The number of aromatic nitrogens is 1. The topological polar surface area (TPSA) is 39.1 Å². The van der Waals surface area contributed by atoms with E-state index in [-0.39, 0.29) is 17.9 Å². The Hall–Kier alpha value is -1.09. The molecule has 0 bridgehead atoms. The quantitative estimate of drug-likeness (QED) is 0.745. The molecule has 0 unspecified atom stereocenters. The fourth-order valence-electron chi connectivity index (χ4n) is 1.97. The van der Waals surface area contributed by atoms with Gasteiger partial charge in [0.05, 0.1) is 6.42 Å². The molecule has 100 valence electrons. The zero-order valence-electron chi connectivity index (χ0n) is 11.2. The highest BCUT2D eigenvalue weighted by molar-refractivity contribution is 6.63. The Morgan fingerprint density at radius 3 is 2.56 bits per heavy atom. The Labute approximate surface area is 113 Å². The summed E-state index contributed by atoms with van der Waals surface area (Å²) < 4.78 is 1.78. The molecule has 0 N–H and O–H groups in total. The van der Waals surface area contributed by atoms with Crippen molar-refractivity contribution < 1.29 is 4.79 Å². The number of hydrogen-bond donors (Lipinski definition) is 0. The first-order valence-electron chi connectivity index (χ1n) is 6.38. The lowest BCUT2D eigenvalue weighted by Gasteiger charge is -2.16. The van der Waals surface area contributed by atoms with Gasteiger partial charge in [0.15, 0.2) is 0 Å². The first-order valence-corrected chi connectivity index (χ1v) is 6.76. The molecule has 0 fully saturated rings. The van der Waals surface area contributed by atoms with E-state index >= 15 is 0 Å². The van der Waals surface area contributed by atoms with E-state index in [4.69, 9.17) is 11.6 Å². The molecular weight excluding hydrogens is 250 g/mol. The van der Waals surface area contributed by atoms with Crippen LogP contribution >= 0.6 is 11.6 Å². The fraction of sp³-hybridized carbons (Fsp3) is 0.571. The smallest absolute Gasteiger partial charge is 0.254 e. The summed E-state index contributed by atoms with van der Waals surface area (Å²) in [5.74, 6) is 0.287. The van der Waals surface area contributed by atoms with Crippen molar-refractivity contribution in [3.8, 4) is 0 Å². The van der Waals surface area contributed by atoms with Crippen LogP contribution in [0, 0.1) is 0 Å². The van der Waals surface area contributed by atoms with Gasteiger partial charge in [-0.3, -0.25) is 9.59 Å². The molecule has 0 saturated heterocycles. The van der Waals surface area contributed by atoms with Gasteiger partial charge in [0.1, 0.15) is 0 Å². The van der Waals surface area contributed by atoms with Crippen LogP contribution < -0.4 is 5.56 Å². The molecule has 4 heteroatoms. The van der Waals surface area contributed by atoms with Gasteiger partial charge in [-0.2, -0.15) is 0 Å².